The summed E-state index contributed by atoms with van der Waals surface area (Å²) < 4.78 is 1.72. The van der Waals surface area contributed by atoms with Gasteiger partial charge in [0.2, 0.25) is 5.91 Å². The summed E-state index contributed by atoms with van der Waals surface area (Å²) >= 11 is 1.64. The third-order valence-corrected chi connectivity index (χ3v) is 7.67. The summed E-state index contributed by atoms with van der Waals surface area (Å²) in [5.41, 5.74) is 4.15. The summed E-state index contributed by atoms with van der Waals surface area (Å²) in [4.78, 5) is 30.4. The van der Waals surface area contributed by atoms with Crippen molar-refractivity contribution in [1.82, 2.24) is 9.55 Å². The second kappa shape index (κ2) is 8.19. The monoisotopic (exact) mass is 453 g/mol. The fraction of sp³-hybridized carbons (Fsp3) is 0.222. The maximum atomic E-state index is 13.3. The Morgan fingerprint density at radius 2 is 1.91 bits per heavy atom. The van der Waals surface area contributed by atoms with Crippen molar-refractivity contribution in [1.29, 1.82) is 0 Å². The molecule has 1 atom stereocenters. The number of hydrogen-bond acceptors (Lipinski definition) is 4. The molecular formula is C27H23N3O2S. The predicted molar refractivity (Wildman–Crippen MR) is 132 cm³/mol. The summed E-state index contributed by atoms with van der Waals surface area (Å²) in [7, 11) is 0. The third kappa shape index (κ3) is 3.74. The van der Waals surface area contributed by atoms with Gasteiger partial charge < -0.3 is 5.32 Å². The molecule has 2 aliphatic rings. The lowest BCUT2D eigenvalue weighted by atomic mass is 9.95. The lowest BCUT2D eigenvalue weighted by molar-refractivity contribution is -0.118. The zero-order valence-corrected chi connectivity index (χ0v) is 18.8. The molecule has 1 N–H and O–H groups in total. The number of carbonyl (C=O) groups is 1. The molecule has 2 aromatic carbocycles. The van der Waals surface area contributed by atoms with E-state index in [1.54, 1.807) is 46.9 Å². The molecule has 3 heterocycles. The largest absolute Gasteiger partial charge is 0.323 e. The van der Waals surface area contributed by atoms with Gasteiger partial charge in [0.05, 0.1) is 16.9 Å². The average molecular weight is 454 g/mol. The molecule has 1 saturated carbocycles. The predicted octanol–water partition coefficient (Wildman–Crippen LogP) is 5.15. The van der Waals surface area contributed by atoms with Gasteiger partial charge in [-0.3, -0.25) is 19.1 Å². The van der Waals surface area contributed by atoms with E-state index >= 15 is 0 Å². The Hall–Kier alpha value is -3.38. The van der Waals surface area contributed by atoms with Crippen LogP contribution in [0.4, 0.5) is 5.69 Å². The minimum Gasteiger partial charge on any atom is -0.323 e. The number of fused-ring (bicyclic) bond motifs is 2. The molecule has 5 nitrogen and oxygen atoms in total. The molecule has 0 saturated heterocycles. The molecule has 1 aliphatic carbocycles. The Labute approximate surface area is 195 Å². The molecule has 0 radical (unpaired) electrons. The summed E-state index contributed by atoms with van der Waals surface area (Å²) in [5, 5.41) is 6.33. The van der Waals surface area contributed by atoms with Crippen LogP contribution in [-0.4, -0.2) is 21.2 Å². The lowest BCUT2D eigenvalue weighted by Gasteiger charge is -2.18. The van der Waals surface area contributed by atoms with Gasteiger partial charge >= 0.3 is 0 Å². The third-order valence-electron chi connectivity index (χ3n) is 6.50. The Kier molecular flexibility index (Phi) is 5.03. The molecule has 164 valence electrons. The van der Waals surface area contributed by atoms with E-state index in [-0.39, 0.29) is 11.5 Å². The highest BCUT2D eigenvalue weighted by Gasteiger charge is 2.37. The van der Waals surface area contributed by atoms with Gasteiger partial charge in [0.15, 0.2) is 0 Å². The number of anilines is 1. The van der Waals surface area contributed by atoms with Gasteiger partial charge in [0, 0.05) is 18.0 Å². The average Bonchev–Trinajstić information content (AvgIpc) is 3.57. The molecule has 1 aliphatic heterocycles. The van der Waals surface area contributed by atoms with E-state index < -0.39 is 6.04 Å². The second-order valence-corrected chi connectivity index (χ2v) is 9.75. The van der Waals surface area contributed by atoms with Crippen molar-refractivity contribution in [2.45, 2.75) is 36.2 Å². The highest BCUT2D eigenvalue weighted by molar-refractivity contribution is 7.99. The van der Waals surface area contributed by atoms with Gasteiger partial charge in [-0.1, -0.05) is 42.5 Å². The van der Waals surface area contributed by atoms with Crippen LogP contribution < -0.4 is 10.9 Å². The van der Waals surface area contributed by atoms with Crippen LogP contribution in [0.2, 0.25) is 0 Å². The van der Waals surface area contributed by atoms with Crippen molar-refractivity contribution >= 4 is 34.1 Å². The quantitative estimate of drug-likeness (QED) is 0.454. The molecule has 1 amide bonds. The van der Waals surface area contributed by atoms with Gasteiger partial charge in [-0.2, -0.15) is 0 Å². The minimum atomic E-state index is -0.512. The van der Waals surface area contributed by atoms with Crippen LogP contribution >= 0.6 is 11.8 Å². The molecule has 33 heavy (non-hydrogen) atoms. The van der Waals surface area contributed by atoms with Crippen molar-refractivity contribution in [2.24, 2.45) is 0 Å². The number of nitrogens with zero attached hydrogens (tertiary/aromatic N) is 2. The van der Waals surface area contributed by atoms with Crippen LogP contribution in [0.1, 0.15) is 41.5 Å². The van der Waals surface area contributed by atoms with Gasteiger partial charge in [0.1, 0.15) is 6.04 Å². The second-order valence-electron chi connectivity index (χ2n) is 8.74. The number of benzene rings is 2. The fourth-order valence-corrected chi connectivity index (χ4v) is 6.23. The normalized spacial score (nSPS) is 17.2. The maximum absolute atomic E-state index is 13.3. The van der Waals surface area contributed by atoms with E-state index in [9.17, 15) is 9.59 Å². The van der Waals surface area contributed by atoms with E-state index in [1.165, 1.54) is 21.9 Å². The number of thioether (sulfide) groups is 1. The van der Waals surface area contributed by atoms with Crippen molar-refractivity contribution in [2.75, 3.05) is 11.1 Å². The van der Waals surface area contributed by atoms with E-state index in [2.05, 4.69) is 52.8 Å². The number of aromatic nitrogens is 2. The Balaban J connectivity index is 1.39. The Bertz CT molecular complexity index is 1420. The molecule has 1 fully saturated rings. The van der Waals surface area contributed by atoms with E-state index in [4.69, 9.17) is 0 Å². The summed E-state index contributed by atoms with van der Waals surface area (Å²) in [5.74, 6) is 0.878. The number of nitrogens with one attached hydrogen (secondary N) is 1. The number of carbonyl (C=O) groups excluding carboxylic acids is 1. The summed E-state index contributed by atoms with van der Waals surface area (Å²) in [6.07, 6.45) is 6.29. The highest BCUT2D eigenvalue weighted by atomic mass is 32.2. The van der Waals surface area contributed by atoms with Crippen LogP contribution in [-0.2, 0) is 11.2 Å². The first kappa shape index (κ1) is 20.2. The van der Waals surface area contributed by atoms with Crippen molar-refractivity contribution < 1.29 is 4.79 Å². The fourth-order valence-electron chi connectivity index (χ4n) is 4.80. The Morgan fingerprint density at radius 1 is 1.06 bits per heavy atom. The molecule has 2 aromatic heterocycles. The molecule has 0 spiro atoms. The molecule has 0 bridgehead atoms. The SMILES string of the molecule is O=C(Nc1cccnc1)C1CSc2c(C3CC3)c(Cc3cccc4ccccc34)cc(=O)n21. The minimum absolute atomic E-state index is 0.0963. The van der Waals surface area contributed by atoms with E-state index in [0.29, 0.717) is 17.4 Å². The van der Waals surface area contributed by atoms with Crippen LogP contribution in [0.25, 0.3) is 10.8 Å². The Morgan fingerprint density at radius 3 is 2.73 bits per heavy atom. The molecule has 1 unspecified atom stereocenters. The van der Waals surface area contributed by atoms with Crippen LogP contribution in [0.5, 0.6) is 0 Å². The van der Waals surface area contributed by atoms with Crippen molar-refractivity contribution in [3.63, 3.8) is 0 Å². The number of amides is 1. The van der Waals surface area contributed by atoms with Crippen LogP contribution in [0, 0.1) is 0 Å². The van der Waals surface area contributed by atoms with E-state index in [0.717, 1.165) is 29.9 Å². The molecule has 6 heteroatoms. The first-order valence-corrected chi connectivity index (χ1v) is 12.3. The van der Waals surface area contributed by atoms with Crippen molar-refractivity contribution in [3.8, 4) is 0 Å². The smallest absolute Gasteiger partial charge is 0.252 e. The first-order chi connectivity index (χ1) is 16.2. The lowest BCUT2D eigenvalue weighted by Crippen LogP contribution is -2.33. The standard InChI is InChI=1S/C27H23N3O2S/c31-24-14-20(13-19-7-3-6-17-5-1-2-9-22(17)19)25(18-10-11-18)27-30(24)23(16-33-27)26(32)29-21-8-4-12-28-15-21/h1-9,12,14-15,18,23H,10-11,13,16H2,(H,29,32). The van der Waals surface area contributed by atoms with E-state index in [1.807, 2.05) is 0 Å². The maximum Gasteiger partial charge on any atom is 0.252 e. The molecule has 6 rings (SSSR count). The van der Waals surface area contributed by atoms with Crippen molar-refractivity contribution in [3.05, 3.63) is 100 Å². The number of pyridine rings is 2. The van der Waals surface area contributed by atoms with Crippen LogP contribution in [0.3, 0.4) is 0 Å². The van der Waals surface area contributed by atoms with Gasteiger partial charge in [0.25, 0.3) is 5.56 Å². The van der Waals surface area contributed by atoms with Gasteiger partial charge in [-0.05, 0) is 64.8 Å². The van der Waals surface area contributed by atoms with Gasteiger partial charge in [-0.25, -0.2) is 0 Å². The number of rotatable bonds is 5. The molecule has 4 aromatic rings. The summed E-state index contributed by atoms with van der Waals surface area (Å²) in [6, 6.07) is 19.6. The first-order valence-electron chi connectivity index (χ1n) is 11.3. The zero-order valence-electron chi connectivity index (χ0n) is 18.0. The van der Waals surface area contributed by atoms with Gasteiger partial charge in [-0.15, -0.1) is 11.8 Å². The topological polar surface area (TPSA) is 64.0 Å². The highest BCUT2D eigenvalue weighted by Crippen LogP contribution is 2.48. The van der Waals surface area contributed by atoms with Crippen LogP contribution in [0.15, 0.2) is 82.9 Å². The zero-order chi connectivity index (χ0) is 22.4. The summed E-state index contributed by atoms with van der Waals surface area (Å²) in [6.45, 7) is 0. The number of hydrogen-bond donors (Lipinski definition) is 1. The molecular weight excluding hydrogens is 430 g/mol.